The van der Waals surface area contributed by atoms with Crippen LogP contribution < -0.4 is 11.3 Å². The first-order valence-corrected chi connectivity index (χ1v) is 3.79. The van der Waals surface area contributed by atoms with Gasteiger partial charge >= 0.3 is 18.0 Å². The number of hydrazine groups is 1. The number of alkyl halides is 3. The minimum Gasteiger partial charge on any atom is -0.395 e. The van der Waals surface area contributed by atoms with Gasteiger partial charge in [0, 0.05) is 6.54 Å². The first-order valence-electron chi connectivity index (χ1n) is 3.79. The van der Waals surface area contributed by atoms with Gasteiger partial charge in [0.05, 0.1) is 6.61 Å². The summed E-state index contributed by atoms with van der Waals surface area (Å²) in [4.78, 5) is 21.8. The fourth-order valence-corrected chi connectivity index (χ4v) is 0.795. The Balaban J connectivity index is 4.52. The molecule has 0 heterocycles. The summed E-state index contributed by atoms with van der Waals surface area (Å²) in [5.74, 6) is 1.77. The number of nitrogens with one attached hydrogen (secondary N) is 1. The molecule has 0 aromatic carbocycles. The van der Waals surface area contributed by atoms with Crippen molar-refractivity contribution in [3.05, 3.63) is 0 Å². The third kappa shape index (κ3) is 5.18. The van der Waals surface area contributed by atoms with Gasteiger partial charge in [-0.3, -0.25) is 15.0 Å². The van der Waals surface area contributed by atoms with Crippen LogP contribution in [0, 0.1) is 0 Å². The summed E-state index contributed by atoms with van der Waals surface area (Å²) in [5, 5.41) is 8.41. The van der Waals surface area contributed by atoms with Crippen LogP contribution in [0.2, 0.25) is 0 Å². The van der Waals surface area contributed by atoms with E-state index in [0.717, 1.165) is 0 Å². The second kappa shape index (κ2) is 5.51. The Morgan fingerprint density at radius 1 is 1.40 bits per heavy atom. The molecule has 0 saturated carbocycles. The molecule has 15 heavy (non-hydrogen) atoms. The monoisotopic (exact) mass is 229 g/mol. The summed E-state index contributed by atoms with van der Waals surface area (Å²) >= 11 is 0. The van der Waals surface area contributed by atoms with E-state index in [0.29, 0.717) is 0 Å². The maximum absolute atomic E-state index is 11.9. The lowest BCUT2D eigenvalue weighted by Gasteiger charge is -2.21. The number of amides is 2. The van der Waals surface area contributed by atoms with Crippen molar-refractivity contribution in [3.8, 4) is 0 Å². The smallest absolute Gasteiger partial charge is 0.395 e. The molecule has 0 aliphatic rings. The summed E-state index contributed by atoms with van der Waals surface area (Å²) in [6.45, 7) is -2.88. The minimum atomic E-state index is -4.64. The highest BCUT2D eigenvalue weighted by molar-refractivity contribution is 6.34. The molecule has 4 N–H and O–H groups in total. The molecular formula is C6H10F3N3O3. The molecule has 0 unspecified atom stereocenters. The van der Waals surface area contributed by atoms with E-state index in [-0.39, 0.29) is 4.90 Å². The van der Waals surface area contributed by atoms with Gasteiger partial charge in [0.15, 0.2) is 0 Å². The van der Waals surface area contributed by atoms with E-state index in [4.69, 9.17) is 5.11 Å². The van der Waals surface area contributed by atoms with Gasteiger partial charge in [-0.25, -0.2) is 5.84 Å². The summed E-state index contributed by atoms with van der Waals surface area (Å²) < 4.78 is 35.8. The van der Waals surface area contributed by atoms with Crippen LogP contribution in [0.4, 0.5) is 13.2 Å². The molecule has 9 heteroatoms. The van der Waals surface area contributed by atoms with Gasteiger partial charge in [-0.15, -0.1) is 0 Å². The molecular weight excluding hydrogens is 219 g/mol. The average molecular weight is 229 g/mol. The molecule has 0 radical (unpaired) electrons. The number of hydrogen-bond acceptors (Lipinski definition) is 4. The fraction of sp³-hybridized carbons (Fsp3) is 0.667. The van der Waals surface area contributed by atoms with Crippen molar-refractivity contribution < 1.29 is 27.9 Å². The number of rotatable bonds is 3. The summed E-state index contributed by atoms with van der Waals surface area (Å²) in [6, 6.07) is 0. The van der Waals surface area contributed by atoms with E-state index in [1.807, 2.05) is 0 Å². The van der Waals surface area contributed by atoms with E-state index in [2.05, 4.69) is 5.84 Å². The molecule has 0 bridgehead atoms. The number of nitrogens with two attached hydrogens (primary N) is 1. The molecule has 0 aromatic rings. The second-order valence-electron chi connectivity index (χ2n) is 2.54. The number of carbonyl (C=O) groups excluding carboxylic acids is 2. The highest BCUT2D eigenvalue weighted by Crippen LogP contribution is 2.16. The van der Waals surface area contributed by atoms with Crippen molar-refractivity contribution in [2.75, 3.05) is 19.7 Å². The number of nitrogens with zero attached hydrogens (tertiary/aromatic N) is 1. The SMILES string of the molecule is NNC(=O)C(=O)N(CCO)CC(F)(F)F. The van der Waals surface area contributed by atoms with Crippen LogP contribution in [0.3, 0.4) is 0 Å². The van der Waals surface area contributed by atoms with Crippen molar-refractivity contribution in [3.63, 3.8) is 0 Å². The zero-order valence-electron chi connectivity index (χ0n) is 7.54. The third-order valence-corrected chi connectivity index (χ3v) is 1.35. The van der Waals surface area contributed by atoms with Crippen molar-refractivity contribution in [2.24, 2.45) is 5.84 Å². The van der Waals surface area contributed by atoms with Crippen molar-refractivity contribution in [1.29, 1.82) is 0 Å². The van der Waals surface area contributed by atoms with Gasteiger partial charge < -0.3 is 10.0 Å². The summed E-state index contributed by atoms with van der Waals surface area (Å²) in [6.07, 6.45) is -4.64. The Labute approximate surface area is 82.8 Å². The lowest BCUT2D eigenvalue weighted by Crippen LogP contribution is -2.49. The van der Waals surface area contributed by atoms with Crippen LogP contribution >= 0.6 is 0 Å². The van der Waals surface area contributed by atoms with Crippen LogP contribution in [-0.2, 0) is 9.59 Å². The standard InChI is InChI=1S/C6H10F3N3O3/c7-6(8,9)3-12(1-2-13)5(15)4(14)11-10/h13H,1-3,10H2,(H,11,14). The number of aliphatic hydroxyl groups excluding tert-OH is 1. The Kier molecular flexibility index (Phi) is 5.02. The fourth-order valence-electron chi connectivity index (χ4n) is 0.795. The Morgan fingerprint density at radius 2 is 1.93 bits per heavy atom. The van der Waals surface area contributed by atoms with Gasteiger partial charge in [0.1, 0.15) is 6.54 Å². The van der Waals surface area contributed by atoms with E-state index < -0.39 is 37.7 Å². The van der Waals surface area contributed by atoms with Crippen LogP contribution in [0.1, 0.15) is 0 Å². The summed E-state index contributed by atoms with van der Waals surface area (Å²) in [7, 11) is 0. The van der Waals surface area contributed by atoms with Crippen LogP contribution in [0.5, 0.6) is 0 Å². The largest absolute Gasteiger partial charge is 0.406 e. The maximum atomic E-state index is 11.9. The molecule has 2 amide bonds. The zero-order valence-corrected chi connectivity index (χ0v) is 7.54. The minimum absolute atomic E-state index is 0.155. The molecule has 0 aliphatic heterocycles. The Bertz CT molecular complexity index is 244. The number of aliphatic hydroxyl groups is 1. The molecule has 0 fully saturated rings. The van der Waals surface area contributed by atoms with Crippen molar-refractivity contribution in [1.82, 2.24) is 10.3 Å². The van der Waals surface area contributed by atoms with Crippen LogP contribution in [0.25, 0.3) is 0 Å². The maximum Gasteiger partial charge on any atom is 0.406 e. The Morgan fingerprint density at radius 3 is 2.27 bits per heavy atom. The first-order chi connectivity index (χ1) is 6.81. The van der Waals surface area contributed by atoms with Crippen molar-refractivity contribution in [2.45, 2.75) is 6.18 Å². The number of halogens is 3. The molecule has 0 spiro atoms. The van der Waals surface area contributed by atoms with E-state index in [9.17, 15) is 22.8 Å². The quantitative estimate of drug-likeness (QED) is 0.234. The number of carbonyl (C=O) groups is 2. The van der Waals surface area contributed by atoms with Crippen LogP contribution in [-0.4, -0.2) is 47.7 Å². The van der Waals surface area contributed by atoms with Gasteiger partial charge in [-0.05, 0) is 0 Å². The van der Waals surface area contributed by atoms with Gasteiger partial charge in [-0.1, -0.05) is 0 Å². The highest BCUT2D eigenvalue weighted by atomic mass is 19.4. The van der Waals surface area contributed by atoms with Crippen LogP contribution in [0.15, 0.2) is 0 Å². The van der Waals surface area contributed by atoms with E-state index in [1.54, 1.807) is 0 Å². The number of hydrogen-bond donors (Lipinski definition) is 3. The molecule has 0 rings (SSSR count). The molecule has 0 aliphatic carbocycles. The normalized spacial score (nSPS) is 11.0. The zero-order chi connectivity index (χ0) is 12.1. The van der Waals surface area contributed by atoms with Gasteiger partial charge in [0.25, 0.3) is 0 Å². The first kappa shape index (κ1) is 13.7. The lowest BCUT2D eigenvalue weighted by atomic mass is 10.4. The predicted molar refractivity (Wildman–Crippen MR) is 42.1 cm³/mol. The lowest BCUT2D eigenvalue weighted by molar-refractivity contribution is -0.165. The third-order valence-electron chi connectivity index (χ3n) is 1.35. The molecule has 0 aromatic heterocycles. The second-order valence-corrected chi connectivity index (χ2v) is 2.54. The summed E-state index contributed by atoms with van der Waals surface area (Å²) in [5.41, 5.74) is 1.41. The molecule has 88 valence electrons. The van der Waals surface area contributed by atoms with Crippen molar-refractivity contribution >= 4 is 11.8 Å². The molecule has 0 atom stereocenters. The van der Waals surface area contributed by atoms with Gasteiger partial charge in [0.2, 0.25) is 0 Å². The molecule has 6 nitrogen and oxygen atoms in total. The average Bonchev–Trinajstić information content (AvgIpc) is 2.13. The topological polar surface area (TPSA) is 95.7 Å². The predicted octanol–water partition coefficient (Wildman–Crippen LogP) is -1.64. The Hall–Kier alpha value is -1.35. The van der Waals surface area contributed by atoms with Gasteiger partial charge in [-0.2, -0.15) is 13.2 Å². The van der Waals surface area contributed by atoms with E-state index in [1.165, 1.54) is 5.43 Å². The van der Waals surface area contributed by atoms with E-state index >= 15 is 0 Å². The highest BCUT2D eigenvalue weighted by Gasteiger charge is 2.34. The molecule has 0 saturated heterocycles.